The number of rotatable bonds is 3. The first-order valence-corrected chi connectivity index (χ1v) is 4.54. The number of phenolic OH excluding ortho intramolecular Hbond substituents is 1. The van der Waals surface area contributed by atoms with Crippen molar-refractivity contribution in [1.82, 2.24) is 5.32 Å². The third-order valence-electron chi connectivity index (χ3n) is 2.20. The smallest absolute Gasteiger partial charge is 0.161 e. The fraction of sp³-hybridized carbons (Fsp3) is 0.400. The second kappa shape index (κ2) is 3.75. The predicted octanol–water partition coefficient (Wildman–Crippen LogP) is 0.751. The minimum atomic E-state index is 0.122. The van der Waals surface area contributed by atoms with Gasteiger partial charge in [-0.2, -0.15) is 0 Å². The molecule has 14 heavy (non-hydrogen) atoms. The molecule has 0 saturated carbocycles. The third kappa shape index (κ3) is 1.75. The summed E-state index contributed by atoms with van der Waals surface area (Å²) in [5.41, 5.74) is 0. The lowest BCUT2D eigenvalue weighted by atomic mass is 10.2. The molecule has 4 nitrogen and oxygen atoms in total. The third-order valence-corrected chi connectivity index (χ3v) is 2.20. The van der Waals surface area contributed by atoms with E-state index in [1.807, 2.05) is 0 Å². The van der Waals surface area contributed by atoms with Gasteiger partial charge < -0.3 is 19.9 Å². The fourth-order valence-electron chi connectivity index (χ4n) is 1.25. The highest BCUT2D eigenvalue weighted by molar-refractivity contribution is 5.44. The Labute approximate surface area is 82.5 Å². The van der Waals surface area contributed by atoms with E-state index in [1.54, 1.807) is 25.3 Å². The van der Waals surface area contributed by atoms with Crippen LogP contribution in [0, 0.1) is 0 Å². The summed E-state index contributed by atoms with van der Waals surface area (Å²) in [5, 5.41) is 12.7. The lowest BCUT2D eigenvalue weighted by Crippen LogP contribution is -2.50. The maximum Gasteiger partial charge on any atom is 0.161 e. The summed E-state index contributed by atoms with van der Waals surface area (Å²) in [7, 11) is 1.56. The van der Waals surface area contributed by atoms with Gasteiger partial charge >= 0.3 is 0 Å². The zero-order valence-corrected chi connectivity index (χ0v) is 7.99. The van der Waals surface area contributed by atoms with Crippen LogP contribution in [-0.2, 0) is 0 Å². The van der Waals surface area contributed by atoms with Crippen LogP contribution in [0.25, 0.3) is 0 Å². The van der Waals surface area contributed by atoms with Gasteiger partial charge in [0, 0.05) is 19.2 Å². The van der Waals surface area contributed by atoms with Crippen molar-refractivity contribution in [3.63, 3.8) is 0 Å². The largest absolute Gasteiger partial charge is 0.504 e. The van der Waals surface area contributed by atoms with E-state index in [4.69, 9.17) is 9.47 Å². The first-order valence-electron chi connectivity index (χ1n) is 4.54. The Morgan fingerprint density at radius 3 is 2.71 bits per heavy atom. The van der Waals surface area contributed by atoms with E-state index in [9.17, 15) is 5.11 Å². The average Bonchev–Trinajstić information content (AvgIpc) is 2.13. The number of ether oxygens (including phenoxy) is 2. The van der Waals surface area contributed by atoms with Crippen molar-refractivity contribution in [2.75, 3.05) is 20.2 Å². The molecular formula is C10H13NO3. The molecule has 0 bridgehead atoms. The molecule has 1 aromatic rings. The Kier molecular flexibility index (Phi) is 2.45. The standard InChI is InChI=1S/C10H13NO3/c1-13-7-2-3-10(9(12)4-7)14-8-5-11-6-8/h2-4,8,11-12H,5-6H2,1H3. The molecule has 1 aliphatic heterocycles. The van der Waals surface area contributed by atoms with E-state index in [2.05, 4.69) is 5.32 Å². The number of aromatic hydroxyl groups is 1. The molecule has 1 aliphatic rings. The molecule has 76 valence electrons. The van der Waals surface area contributed by atoms with Gasteiger partial charge in [-0.25, -0.2) is 0 Å². The van der Waals surface area contributed by atoms with Crippen molar-refractivity contribution in [3.05, 3.63) is 18.2 Å². The number of phenols is 1. The first-order chi connectivity index (χ1) is 6.79. The molecule has 1 fully saturated rings. The van der Waals surface area contributed by atoms with Crippen molar-refractivity contribution < 1.29 is 14.6 Å². The van der Waals surface area contributed by atoms with Crippen LogP contribution in [0.5, 0.6) is 17.2 Å². The summed E-state index contributed by atoms with van der Waals surface area (Å²) in [6.07, 6.45) is 0.175. The molecule has 2 rings (SSSR count). The molecule has 0 spiro atoms. The number of methoxy groups -OCH3 is 1. The van der Waals surface area contributed by atoms with Crippen molar-refractivity contribution in [2.24, 2.45) is 0 Å². The van der Waals surface area contributed by atoms with E-state index in [0.717, 1.165) is 13.1 Å². The Morgan fingerprint density at radius 1 is 1.43 bits per heavy atom. The minimum absolute atomic E-state index is 0.122. The van der Waals surface area contributed by atoms with Crippen LogP contribution in [0.15, 0.2) is 18.2 Å². The molecule has 4 heteroatoms. The van der Waals surface area contributed by atoms with Crippen LogP contribution in [0.4, 0.5) is 0 Å². The summed E-state index contributed by atoms with van der Waals surface area (Å²) in [4.78, 5) is 0. The molecular weight excluding hydrogens is 182 g/mol. The minimum Gasteiger partial charge on any atom is -0.504 e. The highest BCUT2D eigenvalue weighted by Crippen LogP contribution is 2.30. The normalized spacial score (nSPS) is 16.1. The highest BCUT2D eigenvalue weighted by atomic mass is 16.5. The lowest BCUT2D eigenvalue weighted by molar-refractivity contribution is 0.137. The summed E-state index contributed by atoms with van der Waals surface area (Å²) < 4.78 is 10.5. The van der Waals surface area contributed by atoms with Gasteiger partial charge in [0.1, 0.15) is 11.9 Å². The van der Waals surface area contributed by atoms with E-state index >= 15 is 0 Å². The predicted molar refractivity (Wildman–Crippen MR) is 51.9 cm³/mol. The lowest BCUT2D eigenvalue weighted by Gasteiger charge is -2.28. The van der Waals surface area contributed by atoms with Gasteiger partial charge in [0.25, 0.3) is 0 Å². The van der Waals surface area contributed by atoms with E-state index in [1.165, 1.54) is 0 Å². The SMILES string of the molecule is COc1ccc(OC2CNC2)c(O)c1. The van der Waals surface area contributed by atoms with Gasteiger partial charge in [0.05, 0.1) is 7.11 Å². The zero-order valence-electron chi connectivity index (χ0n) is 7.99. The van der Waals surface area contributed by atoms with Crippen LogP contribution in [-0.4, -0.2) is 31.4 Å². The number of hydrogen-bond acceptors (Lipinski definition) is 4. The van der Waals surface area contributed by atoms with Crippen molar-refractivity contribution in [3.8, 4) is 17.2 Å². The summed E-state index contributed by atoms with van der Waals surface area (Å²) in [5.74, 6) is 1.26. The van der Waals surface area contributed by atoms with Gasteiger partial charge in [-0.1, -0.05) is 0 Å². The second-order valence-corrected chi connectivity index (χ2v) is 3.23. The molecule has 0 unspecified atom stereocenters. The monoisotopic (exact) mass is 195 g/mol. The number of hydrogen-bond donors (Lipinski definition) is 2. The zero-order chi connectivity index (χ0) is 9.97. The van der Waals surface area contributed by atoms with Gasteiger partial charge in [0.2, 0.25) is 0 Å². The molecule has 0 aromatic heterocycles. The topological polar surface area (TPSA) is 50.7 Å². The highest BCUT2D eigenvalue weighted by Gasteiger charge is 2.19. The summed E-state index contributed by atoms with van der Waals surface area (Å²) in [6, 6.07) is 5.02. The number of nitrogens with one attached hydrogen (secondary N) is 1. The van der Waals surface area contributed by atoms with Gasteiger partial charge in [-0.15, -0.1) is 0 Å². The van der Waals surface area contributed by atoms with Crippen molar-refractivity contribution >= 4 is 0 Å². The van der Waals surface area contributed by atoms with Crippen LogP contribution >= 0.6 is 0 Å². The Bertz CT molecular complexity index is 323. The van der Waals surface area contributed by atoms with Crippen LogP contribution in [0.3, 0.4) is 0 Å². The van der Waals surface area contributed by atoms with E-state index in [0.29, 0.717) is 11.5 Å². The second-order valence-electron chi connectivity index (χ2n) is 3.23. The fourth-order valence-corrected chi connectivity index (χ4v) is 1.25. The summed E-state index contributed by atoms with van der Waals surface area (Å²) in [6.45, 7) is 1.68. The van der Waals surface area contributed by atoms with E-state index < -0.39 is 0 Å². The Hall–Kier alpha value is -1.42. The molecule has 1 heterocycles. The molecule has 2 N–H and O–H groups in total. The van der Waals surface area contributed by atoms with Crippen LogP contribution < -0.4 is 14.8 Å². The number of benzene rings is 1. The maximum absolute atomic E-state index is 9.57. The van der Waals surface area contributed by atoms with E-state index in [-0.39, 0.29) is 11.9 Å². The Morgan fingerprint density at radius 2 is 2.21 bits per heavy atom. The summed E-state index contributed by atoms with van der Waals surface area (Å²) >= 11 is 0. The molecule has 1 aromatic carbocycles. The van der Waals surface area contributed by atoms with Crippen LogP contribution in [0.2, 0.25) is 0 Å². The van der Waals surface area contributed by atoms with Crippen molar-refractivity contribution in [1.29, 1.82) is 0 Å². The molecule has 0 amide bonds. The molecule has 0 atom stereocenters. The average molecular weight is 195 g/mol. The van der Waals surface area contributed by atoms with Crippen LogP contribution in [0.1, 0.15) is 0 Å². The molecule has 0 aliphatic carbocycles. The van der Waals surface area contributed by atoms with Gasteiger partial charge in [-0.3, -0.25) is 0 Å². The molecule has 0 radical (unpaired) electrons. The molecule has 1 saturated heterocycles. The first kappa shape index (κ1) is 9.15. The quantitative estimate of drug-likeness (QED) is 0.747. The maximum atomic E-state index is 9.57. The Balaban J connectivity index is 2.09. The van der Waals surface area contributed by atoms with Crippen molar-refractivity contribution in [2.45, 2.75) is 6.10 Å². The van der Waals surface area contributed by atoms with Gasteiger partial charge in [-0.05, 0) is 12.1 Å². The van der Waals surface area contributed by atoms with Gasteiger partial charge in [0.15, 0.2) is 11.5 Å².